The van der Waals surface area contributed by atoms with Crippen LogP contribution in [0.15, 0.2) is 4.42 Å². The topological polar surface area (TPSA) is 63.3 Å². The summed E-state index contributed by atoms with van der Waals surface area (Å²) in [6.07, 6.45) is 8.31. The highest BCUT2D eigenvalue weighted by Gasteiger charge is 2.31. The van der Waals surface area contributed by atoms with E-state index in [0.717, 1.165) is 12.8 Å². The Balaban J connectivity index is 2.29. The van der Waals surface area contributed by atoms with Crippen LogP contribution in [0.5, 0.6) is 0 Å². The Labute approximate surface area is 120 Å². The molecule has 0 aliphatic heterocycles. The smallest absolute Gasteiger partial charge is 0.373 e. The molecule has 2 rings (SSSR count). The van der Waals surface area contributed by atoms with Gasteiger partial charge in [-0.2, -0.15) is 0 Å². The van der Waals surface area contributed by atoms with E-state index in [4.69, 9.17) is 4.42 Å². The fraction of sp³-hybridized carbons (Fsp3) is 0.750. The van der Waals surface area contributed by atoms with E-state index < -0.39 is 5.97 Å². The average molecular weight is 279 g/mol. The Morgan fingerprint density at radius 2 is 1.70 bits per heavy atom. The molecule has 1 aromatic rings. The zero-order chi connectivity index (χ0) is 14.8. The molecule has 4 nitrogen and oxygen atoms in total. The predicted octanol–water partition coefficient (Wildman–Crippen LogP) is 4.50. The molecule has 4 heteroatoms. The maximum Gasteiger partial charge on any atom is 0.373 e. The molecule has 1 aromatic heterocycles. The van der Waals surface area contributed by atoms with Gasteiger partial charge >= 0.3 is 5.97 Å². The number of hydrogen-bond donors (Lipinski definition) is 1. The second-order valence-electron chi connectivity index (χ2n) is 6.83. The summed E-state index contributed by atoms with van der Waals surface area (Å²) in [6, 6.07) is 0. The minimum Gasteiger partial charge on any atom is -0.475 e. The third-order valence-electron chi connectivity index (χ3n) is 4.00. The lowest BCUT2D eigenvalue weighted by molar-refractivity contribution is 0.0655. The van der Waals surface area contributed by atoms with Gasteiger partial charge in [0.05, 0.1) is 5.69 Å². The van der Waals surface area contributed by atoms with Crippen molar-refractivity contribution in [1.29, 1.82) is 0 Å². The standard InChI is InChI=1S/C16H25NO3/c1-16(2,3)13-12(15(18)19)20-14(17-13)11-9-7-5-4-6-8-10-11/h11H,4-10H2,1-3H3,(H,18,19). The van der Waals surface area contributed by atoms with Crippen LogP contribution in [0.4, 0.5) is 0 Å². The molecule has 1 N–H and O–H groups in total. The van der Waals surface area contributed by atoms with E-state index in [0.29, 0.717) is 11.6 Å². The second-order valence-corrected chi connectivity index (χ2v) is 6.83. The van der Waals surface area contributed by atoms with Gasteiger partial charge in [0.1, 0.15) is 0 Å². The number of hydrogen-bond acceptors (Lipinski definition) is 3. The normalized spacial score (nSPS) is 18.6. The number of carbonyl (C=O) groups is 1. The highest BCUT2D eigenvalue weighted by Crippen LogP contribution is 2.34. The van der Waals surface area contributed by atoms with Gasteiger partial charge < -0.3 is 9.52 Å². The van der Waals surface area contributed by atoms with Gasteiger partial charge in [0.2, 0.25) is 5.76 Å². The SMILES string of the molecule is CC(C)(C)c1nc(C2CCCCCCC2)oc1C(=O)O. The number of aromatic carboxylic acids is 1. The predicted molar refractivity (Wildman–Crippen MR) is 77.2 cm³/mol. The number of nitrogens with zero attached hydrogens (tertiary/aromatic N) is 1. The Morgan fingerprint density at radius 1 is 1.15 bits per heavy atom. The summed E-state index contributed by atoms with van der Waals surface area (Å²) in [5.74, 6) is -0.0761. The second kappa shape index (κ2) is 5.98. The molecule has 0 spiro atoms. The lowest BCUT2D eigenvalue weighted by Crippen LogP contribution is -2.16. The Bertz CT molecular complexity index is 463. The van der Waals surface area contributed by atoms with E-state index in [9.17, 15) is 9.90 Å². The van der Waals surface area contributed by atoms with Crippen molar-refractivity contribution in [3.63, 3.8) is 0 Å². The fourth-order valence-electron chi connectivity index (χ4n) is 2.87. The molecule has 1 fully saturated rings. The minimum absolute atomic E-state index is 0.0227. The van der Waals surface area contributed by atoms with Crippen LogP contribution in [-0.2, 0) is 5.41 Å². The quantitative estimate of drug-likeness (QED) is 0.865. The first-order valence-corrected chi connectivity index (χ1v) is 7.64. The van der Waals surface area contributed by atoms with Gasteiger partial charge in [0, 0.05) is 11.3 Å². The molecule has 1 saturated carbocycles. The maximum atomic E-state index is 11.4. The first-order valence-electron chi connectivity index (χ1n) is 7.64. The minimum atomic E-state index is -1.01. The van der Waals surface area contributed by atoms with E-state index in [-0.39, 0.29) is 17.1 Å². The van der Waals surface area contributed by atoms with Gasteiger partial charge in [0.25, 0.3) is 0 Å². The fourth-order valence-corrected chi connectivity index (χ4v) is 2.87. The molecular formula is C16H25NO3. The van der Waals surface area contributed by atoms with E-state index in [1.807, 2.05) is 20.8 Å². The molecule has 0 bridgehead atoms. The molecule has 0 atom stereocenters. The van der Waals surface area contributed by atoms with Crippen molar-refractivity contribution in [2.45, 2.75) is 77.0 Å². The number of aromatic nitrogens is 1. The lowest BCUT2D eigenvalue weighted by atomic mass is 9.90. The summed E-state index contributed by atoms with van der Waals surface area (Å²) in [5, 5.41) is 9.31. The van der Waals surface area contributed by atoms with Crippen molar-refractivity contribution < 1.29 is 14.3 Å². The number of carboxylic acids is 1. The lowest BCUT2D eigenvalue weighted by Gasteiger charge is -2.17. The Kier molecular flexibility index (Phi) is 4.51. The molecule has 1 heterocycles. The molecule has 0 aromatic carbocycles. The van der Waals surface area contributed by atoms with Crippen molar-refractivity contribution in [3.05, 3.63) is 17.3 Å². The van der Waals surface area contributed by atoms with Crippen LogP contribution in [0.1, 0.15) is 93.8 Å². The molecule has 0 saturated heterocycles. The van der Waals surface area contributed by atoms with Crippen molar-refractivity contribution in [3.8, 4) is 0 Å². The first kappa shape index (κ1) is 15.1. The van der Waals surface area contributed by atoms with Gasteiger partial charge in [-0.25, -0.2) is 9.78 Å². The monoisotopic (exact) mass is 279 g/mol. The van der Waals surface area contributed by atoms with Crippen LogP contribution in [0.2, 0.25) is 0 Å². The van der Waals surface area contributed by atoms with E-state index in [2.05, 4.69) is 4.98 Å². The summed E-state index contributed by atoms with van der Waals surface area (Å²) in [7, 11) is 0. The molecule has 0 radical (unpaired) electrons. The van der Waals surface area contributed by atoms with Crippen LogP contribution in [0.3, 0.4) is 0 Å². The molecule has 0 amide bonds. The van der Waals surface area contributed by atoms with Crippen molar-refractivity contribution in [2.75, 3.05) is 0 Å². The van der Waals surface area contributed by atoms with Crippen LogP contribution in [0.25, 0.3) is 0 Å². The number of oxazole rings is 1. The van der Waals surface area contributed by atoms with E-state index in [1.165, 1.54) is 32.1 Å². The Morgan fingerprint density at radius 3 is 2.15 bits per heavy atom. The van der Waals surface area contributed by atoms with Gasteiger partial charge in [-0.15, -0.1) is 0 Å². The third kappa shape index (κ3) is 3.41. The highest BCUT2D eigenvalue weighted by atomic mass is 16.4. The Hall–Kier alpha value is -1.32. The zero-order valence-electron chi connectivity index (χ0n) is 12.7. The van der Waals surface area contributed by atoms with Crippen LogP contribution >= 0.6 is 0 Å². The summed E-state index contributed by atoms with van der Waals surface area (Å²) in [6.45, 7) is 5.91. The van der Waals surface area contributed by atoms with Gasteiger partial charge in [-0.1, -0.05) is 52.9 Å². The zero-order valence-corrected chi connectivity index (χ0v) is 12.7. The summed E-state index contributed by atoms with van der Waals surface area (Å²) < 4.78 is 5.63. The molecule has 1 aliphatic carbocycles. The molecule has 0 unspecified atom stereocenters. The van der Waals surface area contributed by atoms with Crippen molar-refractivity contribution in [2.24, 2.45) is 0 Å². The van der Waals surface area contributed by atoms with Gasteiger partial charge in [-0.3, -0.25) is 0 Å². The van der Waals surface area contributed by atoms with Gasteiger partial charge in [0.15, 0.2) is 5.89 Å². The molecular weight excluding hydrogens is 254 g/mol. The van der Waals surface area contributed by atoms with Crippen LogP contribution in [0, 0.1) is 0 Å². The van der Waals surface area contributed by atoms with Gasteiger partial charge in [-0.05, 0) is 12.8 Å². The van der Waals surface area contributed by atoms with Crippen molar-refractivity contribution in [1.82, 2.24) is 4.98 Å². The maximum absolute atomic E-state index is 11.4. The summed E-state index contributed by atoms with van der Waals surface area (Å²) in [5.41, 5.74) is 0.263. The summed E-state index contributed by atoms with van der Waals surface area (Å²) in [4.78, 5) is 15.9. The molecule has 112 valence electrons. The van der Waals surface area contributed by atoms with Crippen LogP contribution < -0.4 is 0 Å². The molecule has 1 aliphatic rings. The average Bonchev–Trinajstić information content (AvgIpc) is 2.72. The van der Waals surface area contributed by atoms with E-state index >= 15 is 0 Å². The highest BCUT2D eigenvalue weighted by molar-refractivity contribution is 5.86. The van der Waals surface area contributed by atoms with E-state index in [1.54, 1.807) is 0 Å². The largest absolute Gasteiger partial charge is 0.475 e. The third-order valence-corrected chi connectivity index (χ3v) is 4.00. The van der Waals surface area contributed by atoms with Crippen LogP contribution in [-0.4, -0.2) is 16.1 Å². The molecule has 20 heavy (non-hydrogen) atoms. The van der Waals surface area contributed by atoms with Crippen molar-refractivity contribution >= 4 is 5.97 Å². The number of rotatable bonds is 2. The summed E-state index contributed by atoms with van der Waals surface area (Å²) >= 11 is 0. The number of carboxylic acid groups (broad SMARTS) is 1. The first-order chi connectivity index (χ1) is 9.39.